The Kier molecular flexibility index (Phi) is 4.41. The van der Waals surface area contributed by atoms with Crippen molar-refractivity contribution >= 4 is 33.0 Å². The van der Waals surface area contributed by atoms with Crippen molar-refractivity contribution in [1.29, 1.82) is 0 Å². The number of rotatable bonds is 4. The Labute approximate surface area is 140 Å². The molecule has 0 unspecified atom stereocenters. The topological polar surface area (TPSA) is 66.5 Å². The van der Waals surface area contributed by atoms with E-state index in [1.165, 1.54) is 4.31 Å². The summed E-state index contributed by atoms with van der Waals surface area (Å²) in [6, 6.07) is 8.80. The first-order valence-corrected chi connectivity index (χ1v) is 9.88. The monoisotopic (exact) mass is 350 g/mol. The van der Waals surface area contributed by atoms with Gasteiger partial charge in [0, 0.05) is 17.0 Å². The zero-order valence-corrected chi connectivity index (χ0v) is 14.4. The van der Waals surface area contributed by atoms with Gasteiger partial charge >= 0.3 is 0 Å². The number of amides is 1. The van der Waals surface area contributed by atoms with Crippen LogP contribution in [0.25, 0.3) is 0 Å². The zero-order valence-electron chi connectivity index (χ0n) is 12.8. The van der Waals surface area contributed by atoms with Crippen LogP contribution in [-0.4, -0.2) is 26.6 Å². The minimum atomic E-state index is -3.23. The number of benzene rings is 1. The highest BCUT2D eigenvalue weighted by atomic mass is 32.2. The lowest BCUT2D eigenvalue weighted by atomic mass is 10.2. The fourth-order valence-electron chi connectivity index (χ4n) is 2.58. The van der Waals surface area contributed by atoms with Crippen LogP contribution in [0.4, 0.5) is 5.69 Å². The number of nitrogens with zero attached hydrogens (tertiary/aromatic N) is 1. The van der Waals surface area contributed by atoms with Crippen LogP contribution in [-0.2, 0) is 16.6 Å². The van der Waals surface area contributed by atoms with Crippen molar-refractivity contribution in [3.05, 3.63) is 51.7 Å². The van der Waals surface area contributed by atoms with Gasteiger partial charge in [-0.15, -0.1) is 11.3 Å². The molecule has 0 spiro atoms. The predicted molar refractivity (Wildman–Crippen MR) is 92.4 cm³/mol. The van der Waals surface area contributed by atoms with Gasteiger partial charge in [-0.3, -0.25) is 9.10 Å². The SMILES string of the molecule is Cc1ccsc1CNC(=O)c1cccc(N2CCCS2(=O)=O)c1. The number of carbonyl (C=O) groups excluding carboxylic acids is 1. The Morgan fingerprint density at radius 2 is 2.17 bits per heavy atom. The van der Waals surface area contributed by atoms with E-state index in [9.17, 15) is 13.2 Å². The third-order valence-corrected chi connectivity index (χ3v) is 6.77. The van der Waals surface area contributed by atoms with E-state index in [-0.39, 0.29) is 11.7 Å². The molecule has 5 nitrogen and oxygen atoms in total. The van der Waals surface area contributed by atoms with Gasteiger partial charge in [0.15, 0.2) is 0 Å². The molecule has 2 heterocycles. The highest BCUT2D eigenvalue weighted by Gasteiger charge is 2.28. The molecular formula is C16H18N2O3S2. The van der Waals surface area contributed by atoms with E-state index in [0.29, 0.717) is 30.8 Å². The molecule has 122 valence electrons. The fraction of sp³-hybridized carbons (Fsp3) is 0.312. The second-order valence-corrected chi connectivity index (χ2v) is 8.52. The van der Waals surface area contributed by atoms with Gasteiger partial charge < -0.3 is 5.32 Å². The first kappa shape index (κ1) is 16.0. The maximum atomic E-state index is 12.3. The molecule has 0 saturated carbocycles. The Morgan fingerprint density at radius 3 is 2.83 bits per heavy atom. The summed E-state index contributed by atoms with van der Waals surface area (Å²) in [5.41, 5.74) is 2.19. The third-order valence-electron chi connectivity index (χ3n) is 3.87. The van der Waals surface area contributed by atoms with Gasteiger partial charge in [-0.05, 0) is 48.6 Å². The van der Waals surface area contributed by atoms with Gasteiger partial charge in [-0.25, -0.2) is 8.42 Å². The van der Waals surface area contributed by atoms with Gasteiger partial charge in [-0.2, -0.15) is 0 Å². The Hall–Kier alpha value is -1.86. The molecule has 0 aliphatic carbocycles. The molecule has 1 saturated heterocycles. The molecule has 2 aromatic rings. The number of aryl methyl sites for hydroxylation is 1. The normalized spacial score (nSPS) is 16.5. The van der Waals surface area contributed by atoms with E-state index in [0.717, 1.165) is 10.4 Å². The number of thiophene rings is 1. The molecule has 7 heteroatoms. The molecule has 0 bridgehead atoms. The lowest BCUT2D eigenvalue weighted by Crippen LogP contribution is -2.26. The van der Waals surface area contributed by atoms with Crippen LogP contribution < -0.4 is 9.62 Å². The lowest BCUT2D eigenvalue weighted by Gasteiger charge is -2.17. The van der Waals surface area contributed by atoms with Crippen LogP contribution in [0.15, 0.2) is 35.7 Å². The summed E-state index contributed by atoms with van der Waals surface area (Å²) in [6.45, 7) is 2.97. The number of hydrogen-bond acceptors (Lipinski definition) is 4. The maximum Gasteiger partial charge on any atom is 0.251 e. The first-order chi connectivity index (χ1) is 11.0. The summed E-state index contributed by atoms with van der Waals surface area (Å²) in [4.78, 5) is 13.4. The van der Waals surface area contributed by atoms with E-state index in [1.54, 1.807) is 35.6 Å². The van der Waals surface area contributed by atoms with E-state index >= 15 is 0 Å². The third kappa shape index (κ3) is 3.40. The smallest absolute Gasteiger partial charge is 0.251 e. The van der Waals surface area contributed by atoms with Gasteiger partial charge in [0.25, 0.3) is 5.91 Å². The summed E-state index contributed by atoms with van der Waals surface area (Å²) < 4.78 is 25.4. The molecular weight excluding hydrogens is 332 g/mol. The van der Waals surface area contributed by atoms with Crippen LogP contribution >= 0.6 is 11.3 Å². The summed E-state index contributed by atoms with van der Waals surface area (Å²) in [5.74, 6) is -0.0302. The zero-order chi connectivity index (χ0) is 16.4. The minimum Gasteiger partial charge on any atom is -0.347 e. The molecule has 0 radical (unpaired) electrons. The van der Waals surface area contributed by atoms with Gasteiger partial charge in [0.2, 0.25) is 10.0 Å². The second-order valence-electron chi connectivity index (χ2n) is 5.50. The van der Waals surface area contributed by atoms with Crippen LogP contribution in [0.5, 0.6) is 0 Å². The first-order valence-electron chi connectivity index (χ1n) is 7.39. The van der Waals surface area contributed by atoms with E-state index in [1.807, 2.05) is 18.4 Å². The standard InChI is InChI=1S/C16H18N2O3S2/c1-12-6-8-22-15(12)11-17-16(19)13-4-2-5-14(10-13)18-7-3-9-23(18,20)21/h2,4-6,8,10H,3,7,9,11H2,1H3,(H,17,19). The summed E-state index contributed by atoms with van der Waals surface area (Å²) in [6.07, 6.45) is 0.621. The molecule has 3 rings (SSSR count). The molecule has 1 aliphatic rings. The van der Waals surface area contributed by atoms with Crippen LogP contribution in [0, 0.1) is 6.92 Å². The second kappa shape index (κ2) is 6.33. The van der Waals surface area contributed by atoms with E-state index in [2.05, 4.69) is 5.32 Å². The van der Waals surface area contributed by atoms with Crippen LogP contribution in [0.1, 0.15) is 27.2 Å². The number of nitrogens with one attached hydrogen (secondary N) is 1. The van der Waals surface area contributed by atoms with Crippen molar-refractivity contribution < 1.29 is 13.2 Å². The summed E-state index contributed by atoms with van der Waals surface area (Å²) >= 11 is 1.61. The predicted octanol–water partition coefficient (Wildman–Crippen LogP) is 2.53. The molecule has 1 amide bonds. The fourth-order valence-corrected chi connectivity index (χ4v) is 4.98. The van der Waals surface area contributed by atoms with E-state index < -0.39 is 10.0 Å². The molecule has 1 N–H and O–H groups in total. The van der Waals surface area contributed by atoms with Crippen molar-refractivity contribution in [1.82, 2.24) is 5.32 Å². The molecule has 23 heavy (non-hydrogen) atoms. The average molecular weight is 350 g/mol. The molecule has 1 aromatic heterocycles. The highest BCUT2D eigenvalue weighted by molar-refractivity contribution is 7.93. The average Bonchev–Trinajstić information content (AvgIpc) is 3.10. The number of carbonyl (C=O) groups is 1. The van der Waals surface area contributed by atoms with Crippen molar-refractivity contribution in [3.63, 3.8) is 0 Å². The number of hydrogen-bond donors (Lipinski definition) is 1. The van der Waals surface area contributed by atoms with Crippen molar-refractivity contribution in [2.24, 2.45) is 0 Å². The molecule has 0 atom stereocenters. The molecule has 1 aromatic carbocycles. The van der Waals surface area contributed by atoms with Crippen LogP contribution in [0.3, 0.4) is 0 Å². The number of sulfonamides is 1. The largest absolute Gasteiger partial charge is 0.347 e. The maximum absolute atomic E-state index is 12.3. The summed E-state index contributed by atoms with van der Waals surface area (Å²) in [5, 5.41) is 4.88. The Bertz CT molecular complexity index is 827. The van der Waals surface area contributed by atoms with Gasteiger partial charge in [0.1, 0.15) is 0 Å². The lowest BCUT2D eigenvalue weighted by molar-refractivity contribution is 0.0951. The van der Waals surface area contributed by atoms with E-state index in [4.69, 9.17) is 0 Å². The van der Waals surface area contributed by atoms with Gasteiger partial charge in [0.05, 0.1) is 18.0 Å². The summed E-state index contributed by atoms with van der Waals surface area (Å²) in [7, 11) is -3.23. The highest BCUT2D eigenvalue weighted by Crippen LogP contribution is 2.24. The van der Waals surface area contributed by atoms with Crippen molar-refractivity contribution in [3.8, 4) is 0 Å². The minimum absolute atomic E-state index is 0.168. The van der Waals surface area contributed by atoms with Crippen LogP contribution in [0.2, 0.25) is 0 Å². The Morgan fingerprint density at radius 1 is 1.35 bits per heavy atom. The van der Waals surface area contributed by atoms with Crippen molar-refractivity contribution in [2.45, 2.75) is 19.9 Å². The van der Waals surface area contributed by atoms with Crippen molar-refractivity contribution in [2.75, 3.05) is 16.6 Å². The van der Waals surface area contributed by atoms with Gasteiger partial charge in [-0.1, -0.05) is 6.07 Å². The molecule has 1 fully saturated rings. The Balaban J connectivity index is 1.74. The quantitative estimate of drug-likeness (QED) is 0.921. The number of anilines is 1. The molecule has 1 aliphatic heterocycles.